The van der Waals surface area contributed by atoms with Gasteiger partial charge in [-0.1, -0.05) is 12.1 Å². The summed E-state index contributed by atoms with van der Waals surface area (Å²) < 4.78 is 9.51. The minimum Gasteiger partial charge on any atom is -0.497 e. The summed E-state index contributed by atoms with van der Waals surface area (Å²) in [6, 6.07) is 7.11. The van der Waals surface area contributed by atoms with Crippen LogP contribution in [-0.4, -0.2) is 25.3 Å². The zero-order valence-corrected chi connectivity index (χ0v) is 9.47. The van der Waals surface area contributed by atoms with Crippen LogP contribution in [0.15, 0.2) is 24.3 Å². The maximum atomic E-state index is 10.9. The Morgan fingerprint density at radius 1 is 1.31 bits per heavy atom. The Labute approximate surface area is 94.8 Å². The van der Waals surface area contributed by atoms with Crippen LogP contribution in [0.4, 0.5) is 0 Å². The Bertz CT molecular complexity index is 331. The minimum atomic E-state index is -0.648. The van der Waals surface area contributed by atoms with Crippen LogP contribution >= 0.6 is 0 Å². The molecule has 0 aliphatic heterocycles. The summed E-state index contributed by atoms with van der Waals surface area (Å²) in [5.41, 5.74) is 0.768. The predicted molar refractivity (Wildman–Crippen MR) is 59.2 cm³/mol. The molecule has 4 heteroatoms. The van der Waals surface area contributed by atoms with E-state index in [0.29, 0.717) is 6.42 Å². The van der Waals surface area contributed by atoms with Crippen LogP contribution in [-0.2, 0) is 9.53 Å². The molecular weight excluding hydrogens is 208 g/mol. The van der Waals surface area contributed by atoms with Gasteiger partial charge in [-0.25, -0.2) is 0 Å². The van der Waals surface area contributed by atoms with Crippen LogP contribution in [0.1, 0.15) is 24.5 Å². The molecule has 0 fully saturated rings. The Balaban J connectivity index is 2.52. The molecule has 1 aromatic carbocycles. The number of methoxy groups -OCH3 is 2. The molecule has 4 nitrogen and oxygen atoms in total. The van der Waals surface area contributed by atoms with Gasteiger partial charge >= 0.3 is 5.97 Å². The van der Waals surface area contributed by atoms with E-state index in [-0.39, 0.29) is 12.4 Å². The fourth-order valence-electron chi connectivity index (χ4n) is 1.35. The summed E-state index contributed by atoms with van der Waals surface area (Å²) >= 11 is 0. The highest BCUT2D eigenvalue weighted by atomic mass is 16.5. The number of carbonyl (C=O) groups is 1. The first kappa shape index (κ1) is 12.5. The highest BCUT2D eigenvalue weighted by molar-refractivity contribution is 5.69. The van der Waals surface area contributed by atoms with E-state index in [9.17, 15) is 9.90 Å². The molecular formula is C12H16O4. The van der Waals surface area contributed by atoms with Gasteiger partial charge in [0, 0.05) is 6.42 Å². The molecule has 88 valence electrons. The minimum absolute atomic E-state index is 0.212. The van der Waals surface area contributed by atoms with Crippen molar-refractivity contribution in [2.75, 3.05) is 14.2 Å². The number of ether oxygens (including phenoxy) is 2. The average Bonchev–Trinajstić information content (AvgIpc) is 2.35. The summed E-state index contributed by atoms with van der Waals surface area (Å²) in [4.78, 5) is 10.9. The Hall–Kier alpha value is -1.55. The van der Waals surface area contributed by atoms with E-state index < -0.39 is 6.10 Å². The highest BCUT2D eigenvalue weighted by Gasteiger charge is 2.10. The lowest BCUT2D eigenvalue weighted by molar-refractivity contribution is -0.141. The van der Waals surface area contributed by atoms with E-state index in [0.717, 1.165) is 11.3 Å². The SMILES string of the molecule is COC(=O)CCC(O)c1ccc(OC)cc1. The lowest BCUT2D eigenvalue weighted by Crippen LogP contribution is -2.04. The number of rotatable bonds is 5. The zero-order valence-electron chi connectivity index (χ0n) is 9.47. The van der Waals surface area contributed by atoms with Crippen LogP contribution in [0, 0.1) is 0 Å². The van der Waals surface area contributed by atoms with Crippen LogP contribution in [0.25, 0.3) is 0 Å². The second-order valence-electron chi connectivity index (χ2n) is 3.40. The van der Waals surface area contributed by atoms with E-state index in [1.165, 1.54) is 7.11 Å². The first-order chi connectivity index (χ1) is 7.67. The summed E-state index contributed by atoms with van der Waals surface area (Å²) in [5, 5.41) is 9.78. The number of benzene rings is 1. The molecule has 0 aromatic heterocycles. The largest absolute Gasteiger partial charge is 0.497 e. The third kappa shape index (κ3) is 3.55. The molecule has 0 saturated carbocycles. The van der Waals surface area contributed by atoms with Crippen molar-refractivity contribution in [1.29, 1.82) is 0 Å². The van der Waals surface area contributed by atoms with Crippen molar-refractivity contribution in [3.8, 4) is 5.75 Å². The molecule has 0 amide bonds. The van der Waals surface area contributed by atoms with Crippen LogP contribution in [0.2, 0.25) is 0 Å². The smallest absolute Gasteiger partial charge is 0.305 e. The van der Waals surface area contributed by atoms with Gasteiger partial charge in [0.15, 0.2) is 0 Å². The maximum Gasteiger partial charge on any atom is 0.305 e. The fourth-order valence-corrected chi connectivity index (χ4v) is 1.35. The van der Waals surface area contributed by atoms with Gasteiger partial charge in [-0.3, -0.25) is 4.79 Å². The Kier molecular flexibility index (Phi) is 4.79. The molecule has 0 saturated heterocycles. The van der Waals surface area contributed by atoms with E-state index >= 15 is 0 Å². The van der Waals surface area contributed by atoms with Crippen LogP contribution in [0.5, 0.6) is 5.75 Å². The molecule has 1 N–H and O–H groups in total. The zero-order chi connectivity index (χ0) is 12.0. The van der Waals surface area contributed by atoms with Gasteiger partial charge in [0.1, 0.15) is 5.75 Å². The molecule has 16 heavy (non-hydrogen) atoms. The van der Waals surface area contributed by atoms with Gasteiger partial charge in [0.05, 0.1) is 20.3 Å². The molecule has 0 spiro atoms. The molecule has 1 aromatic rings. The fraction of sp³-hybridized carbons (Fsp3) is 0.417. The van der Waals surface area contributed by atoms with Crippen molar-refractivity contribution in [2.24, 2.45) is 0 Å². The normalized spacial score (nSPS) is 11.9. The summed E-state index contributed by atoms with van der Waals surface area (Å²) in [6.45, 7) is 0. The van der Waals surface area contributed by atoms with Crippen molar-refractivity contribution < 1.29 is 19.4 Å². The quantitative estimate of drug-likeness (QED) is 0.773. The number of hydrogen-bond acceptors (Lipinski definition) is 4. The van der Waals surface area contributed by atoms with E-state index in [2.05, 4.69) is 4.74 Å². The lowest BCUT2D eigenvalue weighted by atomic mass is 10.1. The third-order valence-corrected chi connectivity index (χ3v) is 2.35. The van der Waals surface area contributed by atoms with Crippen molar-refractivity contribution >= 4 is 5.97 Å². The van der Waals surface area contributed by atoms with Crippen LogP contribution in [0.3, 0.4) is 0 Å². The standard InChI is InChI=1S/C12H16O4/c1-15-10-5-3-9(4-6-10)11(13)7-8-12(14)16-2/h3-6,11,13H,7-8H2,1-2H3. The van der Waals surface area contributed by atoms with Gasteiger partial charge < -0.3 is 14.6 Å². The topological polar surface area (TPSA) is 55.8 Å². The predicted octanol–water partition coefficient (Wildman–Crippen LogP) is 1.68. The van der Waals surface area contributed by atoms with Crippen molar-refractivity contribution in [1.82, 2.24) is 0 Å². The second-order valence-corrected chi connectivity index (χ2v) is 3.40. The van der Waals surface area contributed by atoms with E-state index in [1.807, 2.05) is 0 Å². The number of esters is 1. The second kappa shape index (κ2) is 6.12. The van der Waals surface area contributed by atoms with Gasteiger partial charge in [-0.2, -0.15) is 0 Å². The van der Waals surface area contributed by atoms with Crippen molar-refractivity contribution in [3.05, 3.63) is 29.8 Å². The third-order valence-electron chi connectivity index (χ3n) is 2.35. The maximum absolute atomic E-state index is 10.9. The number of aliphatic hydroxyl groups excluding tert-OH is 1. The highest BCUT2D eigenvalue weighted by Crippen LogP contribution is 2.21. The summed E-state index contributed by atoms with van der Waals surface area (Å²) in [7, 11) is 2.92. The average molecular weight is 224 g/mol. The molecule has 0 bridgehead atoms. The number of aliphatic hydroxyl groups is 1. The monoisotopic (exact) mass is 224 g/mol. The molecule has 0 heterocycles. The molecule has 1 unspecified atom stereocenters. The van der Waals surface area contributed by atoms with Gasteiger partial charge in [0.2, 0.25) is 0 Å². The number of carbonyl (C=O) groups excluding carboxylic acids is 1. The van der Waals surface area contributed by atoms with Crippen molar-refractivity contribution in [2.45, 2.75) is 18.9 Å². The Morgan fingerprint density at radius 3 is 2.44 bits per heavy atom. The first-order valence-electron chi connectivity index (χ1n) is 5.06. The Morgan fingerprint density at radius 2 is 1.94 bits per heavy atom. The molecule has 0 aliphatic rings. The van der Waals surface area contributed by atoms with E-state index in [4.69, 9.17) is 4.74 Å². The lowest BCUT2D eigenvalue weighted by Gasteiger charge is -2.10. The van der Waals surface area contributed by atoms with E-state index in [1.54, 1.807) is 31.4 Å². The molecule has 0 aliphatic carbocycles. The van der Waals surface area contributed by atoms with Crippen LogP contribution < -0.4 is 4.74 Å². The first-order valence-corrected chi connectivity index (χ1v) is 5.06. The number of hydrogen-bond donors (Lipinski definition) is 1. The molecule has 0 radical (unpaired) electrons. The molecule has 1 rings (SSSR count). The van der Waals surface area contributed by atoms with Gasteiger partial charge in [-0.05, 0) is 24.1 Å². The summed E-state index contributed by atoms with van der Waals surface area (Å²) in [6.07, 6.45) is -0.0760. The summed E-state index contributed by atoms with van der Waals surface area (Å²) in [5.74, 6) is 0.427. The molecule has 1 atom stereocenters. The van der Waals surface area contributed by atoms with Gasteiger partial charge in [0.25, 0.3) is 0 Å². The van der Waals surface area contributed by atoms with Gasteiger partial charge in [-0.15, -0.1) is 0 Å². The van der Waals surface area contributed by atoms with Crippen molar-refractivity contribution in [3.63, 3.8) is 0 Å².